The van der Waals surface area contributed by atoms with Gasteiger partial charge in [-0.05, 0) is 18.5 Å². The van der Waals surface area contributed by atoms with Crippen LogP contribution in [0.5, 0.6) is 0 Å². The van der Waals surface area contributed by atoms with Crippen LogP contribution in [0.15, 0.2) is 6.20 Å². The summed E-state index contributed by atoms with van der Waals surface area (Å²) in [6.45, 7) is 1.58. The molecule has 82 valence electrons. The molecule has 1 unspecified atom stereocenters. The smallest absolute Gasteiger partial charge is 0.241 e. The molecule has 0 fully saturated rings. The number of nitrogens with one attached hydrogen (secondary N) is 2. The van der Waals surface area contributed by atoms with Crippen molar-refractivity contribution in [1.29, 1.82) is 0 Å². The van der Waals surface area contributed by atoms with Crippen molar-refractivity contribution in [3.05, 3.63) is 17.3 Å². The molecule has 0 saturated heterocycles. The molecule has 5 nitrogen and oxygen atoms in total. The first kappa shape index (κ1) is 11.6. The maximum Gasteiger partial charge on any atom is 0.241 e. The molecule has 0 bridgehead atoms. The van der Waals surface area contributed by atoms with E-state index in [1.54, 1.807) is 6.92 Å². The van der Waals surface area contributed by atoms with E-state index in [-0.39, 0.29) is 17.0 Å². The number of aromatic nitrogens is 2. The summed E-state index contributed by atoms with van der Waals surface area (Å²) in [7, 11) is 1.49. The maximum absolute atomic E-state index is 13.1. The molecule has 1 heterocycles. The number of nitrogens with zero attached hydrogens (tertiary/aromatic N) is 2. The fourth-order valence-corrected chi connectivity index (χ4v) is 1.07. The van der Waals surface area contributed by atoms with Gasteiger partial charge in [0, 0.05) is 7.05 Å². The number of anilines is 1. The van der Waals surface area contributed by atoms with Gasteiger partial charge in [-0.15, -0.1) is 0 Å². The molecule has 2 N–H and O–H groups in total. The van der Waals surface area contributed by atoms with E-state index in [2.05, 4.69) is 20.6 Å². The van der Waals surface area contributed by atoms with Crippen molar-refractivity contribution in [3.8, 4) is 0 Å². The first-order chi connectivity index (χ1) is 7.04. The van der Waals surface area contributed by atoms with Crippen molar-refractivity contribution >= 4 is 23.3 Å². The molecule has 1 amide bonds. The molecule has 0 saturated carbocycles. The molecule has 0 aliphatic rings. The van der Waals surface area contributed by atoms with Crippen LogP contribution in [0, 0.1) is 5.82 Å². The Morgan fingerprint density at radius 3 is 2.93 bits per heavy atom. The van der Waals surface area contributed by atoms with Crippen molar-refractivity contribution < 1.29 is 9.18 Å². The number of carbonyl (C=O) groups is 1. The lowest BCUT2D eigenvalue weighted by atomic mass is 10.3. The second kappa shape index (κ2) is 4.88. The highest BCUT2D eigenvalue weighted by Gasteiger charge is 2.14. The highest BCUT2D eigenvalue weighted by atomic mass is 35.5. The van der Waals surface area contributed by atoms with Gasteiger partial charge in [0.2, 0.25) is 11.2 Å². The van der Waals surface area contributed by atoms with Crippen molar-refractivity contribution in [2.24, 2.45) is 0 Å². The number of carbonyl (C=O) groups excluding carboxylic acids is 1. The molecular formula is C8H10ClFN4O. The topological polar surface area (TPSA) is 66.9 Å². The van der Waals surface area contributed by atoms with E-state index in [1.165, 1.54) is 7.05 Å². The Balaban J connectivity index is 2.80. The minimum Gasteiger partial charge on any atom is -0.357 e. The zero-order valence-electron chi connectivity index (χ0n) is 8.21. The number of hydrogen-bond donors (Lipinski definition) is 2. The largest absolute Gasteiger partial charge is 0.357 e. The molecule has 0 aliphatic carbocycles. The van der Waals surface area contributed by atoms with Gasteiger partial charge in [0.15, 0.2) is 11.6 Å². The molecule has 0 aromatic carbocycles. The van der Waals surface area contributed by atoms with Crippen molar-refractivity contribution in [2.75, 3.05) is 12.4 Å². The lowest BCUT2D eigenvalue weighted by Gasteiger charge is -2.12. The Kier molecular flexibility index (Phi) is 3.79. The average Bonchev–Trinajstić information content (AvgIpc) is 2.22. The van der Waals surface area contributed by atoms with Gasteiger partial charge in [0.1, 0.15) is 6.04 Å². The summed E-state index contributed by atoms with van der Waals surface area (Å²) in [5.41, 5.74) is 0. The summed E-state index contributed by atoms with van der Waals surface area (Å²) in [6.07, 6.45) is 0.939. The normalized spacial score (nSPS) is 12.0. The molecule has 1 aromatic heterocycles. The van der Waals surface area contributed by atoms with E-state index in [0.717, 1.165) is 6.20 Å². The SMILES string of the molecule is CNC(=O)C(C)Nc1nc(Cl)ncc1F. The van der Waals surface area contributed by atoms with Crippen molar-refractivity contribution in [1.82, 2.24) is 15.3 Å². The quantitative estimate of drug-likeness (QED) is 0.757. The molecule has 0 spiro atoms. The van der Waals surface area contributed by atoms with Crippen LogP contribution in [0.3, 0.4) is 0 Å². The Hall–Kier alpha value is -1.43. The summed E-state index contributed by atoms with van der Waals surface area (Å²) < 4.78 is 13.1. The summed E-state index contributed by atoms with van der Waals surface area (Å²) in [4.78, 5) is 18.2. The zero-order chi connectivity index (χ0) is 11.4. The van der Waals surface area contributed by atoms with E-state index < -0.39 is 11.9 Å². The number of halogens is 2. The minimum absolute atomic E-state index is 0.0805. The van der Waals surface area contributed by atoms with Gasteiger partial charge >= 0.3 is 0 Å². The monoisotopic (exact) mass is 232 g/mol. The Labute approximate surface area is 91.1 Å². The highest BCUT2D eigenvalue weighted by molar-refractivity contribution is 6.28. The minimum atomic E-state index is -0.657. The standard InChI is InChI=1S/C8H10ClFN4O/c1-4(7(15)11-2)13-6-5(10)3-12-8(9)14-6/h3-4H,1-2H3,(H,11,15)(H,12,13,14). The van der Waals surface area contributed by atoms with Crippen LogP contribution in [-0.2, 0) is 4.79 Å². The summed E-state index contributed by atoms with van der Waals surface area (Å²) in [5.74, 6) is -1.02. The fraction of sp³-hybridized carbons (Fsp3) is 0.375. The summed E-state index contributed by atoms with van der Waals surface area (Å²) >= 11 is 5.48. The molecule has 0 aliphatic heterocycles. The van der Waals surface area contributed by atoms with Gasteiger partial charge in [-0.2, -0.15) is 4.98 Å². The third-order valence-electron chi connectivity index (χ3n) is 1.71. The molecule has 0 radical (unpaired) electrons. The van der Waals surface area contributed by atoms with Crippen LogP contribution in [0.25, 0.3) is 0 Å². The fourth-order valence-electron chi connectivity index (χ4n) is 0.934. The Bertz CT molecular complexity index is 374. The van der Waals surface area contributed by atoms with Crippen LogP contribution in [0.2, 0.25) is 5.28 Å². The van der Waals surface area contributed by atoms with Gasteiger partial charge < -0.3 is 10.6 Å². The average molecular weight is 233 g/mol. The third kappa shape index (κ3) is 3.02. The number of rotatable bonds is 3. The molecule has 1 atom stereocenters. The van der Waals surface area contributed by atoms with Crippen LogP contribution < -0.4 is 10.6 Å². The maximum atomic E-state index is 13.1. The van der Waals surface area contributed by atoms with Crippen LogP contribution in [-0.4, -0.2) is 29.0 Å². The molecule has 1 rings (SSSR count). The van der Waals surface area contributed by atoms with Gasteiger partial charge in [-0.1, -0.05) is 0 Å². The lowest BCUT2D eigenvalue weighted by Crippen LogP contribution is -2.35. The van der Waals surface area contributed by atoms with E-state index >= 15 is 0 Å². The predicted octanol–water partition coefficient (Wildman–Crippen LogP) is 0.815. The van der Waals surface area contributed by atoms with Gasteiger partial charge in [-0.3, -0.25) is 4.79 Å². The summed E-state index contributed by atoms with van der Waals surface area (Å²) in [6, 6.07) is -0.601. The second-order valence-corrected chi connectivity index (χ2v) is 3.15. The first-order valence-corrected chi connectivity index (χ1v) is 4.58. The summed E-state index contributed by atoms with van der Waals surface area (Å²) in [5, 5.41) is 4.92. The van der Waals surface area contributed by atoms with E-state index in [1.807, 2.05) is 0 Å². The third-order valence-corrected chi connectivity index (χ3v) is 1.89. The van der Waals surface area contributed by atoms with Gasteiger partial charge in [-0.25, -0.2) is 9.37 Å². The zero-order valence-corrected chi connectivity index (χ0v) is 8.97. The van der Waals surface area contributed by atoms with Crippen molar-refractivity contribution in [3.63, 3.8) is 0 Å². The highest BCUT2D eigenvalue weighted by Crippen LogP contribution is 2.12. The number of hydrogen-bond acceptors (Lipinski definition) is 4. The second-order valence-electron chi connectivity index (χ2n) is 2.82. The van der Waals surface area contributed by atoms with Crippen LogP contribution in [0.1, 0.15) is 6.92 Å². The lowest BCUT2D eigenvalue weighted by molar-refractivity contribution is -0.121. The predicted molar refractivity (Wildman–Crippen MR) is 54.2 cm³/mol. The van der Waals surface area contributed by atoms with E-state index in [9.17, 15) is 9.18 Å². The number of likely N-dealkylation sites (N-methyl/N-ethyl adjacent to an activating group) is 1. The van der Waals surface area contributed by atoms with E-state index in [4.69, 9.17) is 11.6 Å². The van der Waals surface area contributed by atoms with Crippen LogP contribution in [0.4, 0.5) is 10.2 Å². The Morgan fingerprint density at radius 1 is 1.67 bits per heavy atom. The van der Waals surface area contributed by atoms with Gasteiger partial charge in [0.05, 0.1) is 6.20 Å². The van der Waals surface area contributed by atoms with Crippen molar-refractivity contribution in [2.45, 2.75) is 13.0 Å². The molecule has 15 heavy (non-hydrogen) atoms. The van der Waals surface area contributed by atoms with Gasteiger partial charge in [0.25, 0.3) is 0 Å². The van der Waals surface area contributed by atoms with Crippen LogP contribution >= 0.6 is 11.6 Å². The Morgan fingerprint density at radius 2 is 2.33 bits per heavy atom. The molecular weight excluding hydrogens is 223 g/mol. The molecule has 1 aromatic rings. The number of amides is 1. The molecule has 7 heteroatoms. The first-order valence-electron chi connectivity index (χ1n) is 4.20. The van der Waals surface area contributed by atoms with E-state index in [0.29, 0.717) is 0 Å².